The second-order valence-corrected chi connectivity index (χ2v) is 5.62. The van der Waals surface area contributed by atoms with Crippen LogP contribution in [0.1, 0.15) is 39.0 Å². The molecule has 104 valence electrons. The van der Waals surface area contributed by atoms with Gasteiger partial charge in [0.2, 0.25) is 0 Å². The van der Waals surface area contributed by atoms with Crippen molar-refractivity contribution in [3.8, 4) is 0 Å². The molecule has 3 heteroatoms. The number of hydrogen-bond acceptors (Lipinski definition) is 3. The van der Waals surface area contributed by atoms with E-state index in [9.17, 15) is 10.2 Å². The van der Waals surface area contributed by atoms with E-state index in [2.05, 4.69) is 13.5 Å². The Labute approximate surface area is 110 Å². The summed E-state index contributed by atoms with van der Waals surface area (Å²) in [5.74, 6) is 0.310. The average molecular weight is 254 g/mol. The Hall–Kier alpha value is -0.640. The van der Waals surface area contributed by atoms with E-state index in [0.717, 1.165) is 37.7 Å². The van der Waals surface area contributed by atoms with Gasteiger partial charge in [0.05, 0.1) is 13.2 Å². The summed E-state index contributed by atoms with van der Waals surface area (Å²) in [5.41, 5.74) is 2.02. The fraction of sp³-hybridized carbons (Fsp3) is 0.733. The van der Waals surface area contributed by atoms with Crippen LogP contribution in [0.4, 0.5) is 0 Å². The molecule has 3 nitrogen and oxygen atoms in total. The van der Waals surface area contributed by atoms with Crippen molar-refractivity contribution < 1.29 is 15.3 Å². The molecule has 0 aromatic rings. The Bertz CT molecular complexity index is 309. The van der Waals surface area contributed by atoms with Gasteiger partial charge in [0.25, 0.3) is 0 Å². The monoisotopic (exact) mass is 254 g/mol. The Morgan fingerprint density at radius 3 is 2.72 bits per heavy atom. The minimum absolute atomic E-state index is 0.00437. The van der Waals surface area contributed by atoms with Crippen molar-refractivity contribution in [2.24, 2.45) is 11.3 Å². The summed E-state index contributed by atoms with van der Waals surface area (Å²) in [6.07, 6.45) is 6.50. The van der Waals surface area contributed by atoms with E-state index >= 15 is 0 Å². The second kappa shape index (κ2) is 7.07. The summed E-state index contributed by atoms with van der Waals surface area (Å²) in [6.45, 7) is 6.42. The summed E-state index contributed by atoms with van der Waals surface area (Å²) < 4.78 is 0. The highest BCUT2D eigenvalue weighted by molar-refractivity contribution is 5.12. The molecular formula is C15H26O3. The van der Waals surface area contributed by atoms with E-state index in [-0.39, 0.29) is 25.2 Å². The maximum atomic E-state index is 9.62. The highest BCUT2D eigenvalue weighted by atomic mass is 16.3. The first-order valence-corrected chi connectivity index (χ1v) is 6.75. The Morgan fingerprint density at radius 2 is 2.17 bits per heavy atom. The lowest BCUT2D eigenvalue weighted by atomic mass is 9.64. The van der Waals surface area contributed by atoms with Gasteiger partial charge in [-0.25, -0.2) is 0 Å². The summed E-state index contributed by atoms with van der Waals surface area (Å²) >= 11 is 0. The molecule has 1 aliphatic carbocycles. The molecule has 0 aliphatic heterocycles. The van der Waals surface area contributed by atoms with E-state index in [0.29, 0.717) is 5.92 Å². The van der Waals surface area contributed by atoms with Crippen molar-refractivity contribution in [3.05, 3.63) is 23.8 Å². The lowest BCUT2D eigenvalue weighted by Crippen LogP contribution is -2.35. The van der Waals surface area contributed by atoms with Crippen LogP contribution in [0.3, 0.4) is 0 Å². The maximum absolute atomic E-state index is 9.62. The Morgan fingerprint density at radius 1 is 1.44 bits per heavy atom. The number of rotatable bonds is 6. The molecule has 0 aromatic carbocycles. The van der Waals surface area contributed by atoms with Gasteiger partial charge in [-0.1, -0.05) is 25.2 Å². The van der Waals surface area contributed by atoms with Crippen molar-refractivity contribution in [2.75, 3.05) is 19.8 Å². The fourth-order valence-corrected chi connectivity index (χ4v) is 3.01. The van der Waals surface area contributed by atoms with Crippen LogP contribution in [0, 0.1) is 11.3 Å². The molecule has 0 bridgehead atoms. The van der Waals surface area contributed by atoms with Crippen LogP contribution in [-0.2, 0) is 0 Å². The largest absolute Gasteiger partial charge is 0.396 e. The molecule has 0 saturated heterocycles. The predicted molar refractivity (Wildman–Crippen MR) is 73.2 cm³/mol. The van der Waals surface area contributed by atoms with E-state index in [4.69, 9.17) is 5.11 Å². The lowest BCUT2D eigenvalue weighted by molar-refractivity contribution is 0.0637. The minimum atomic E-state index is -0.0743. The van der Waals surface area contributed by atoms with Gasteiger partial charge in [0.1, 0.15) is 0 Å². The molecule has 18 heavy (non-hydrogen) atoms. The van der Waals surface area contributed by atoms with Crippen LogP contribution in [-0.4, -0.2) is 35.1 Å². The van der Waals surface area contributed by atoms with Crippen molar-refractivity contribution >= 4 is 0 Å². The van der Waals surface area contributed by atoms with Crippen molar-refractivity contribution in [2.45, 2.75) is 39.0 Å². The van der Waals surface area contributed by atoms with Gasteiger partial charge < -0.3 is 15.3 Å². The van der Waals surface area contributed by atoms with E-state index in [1.165, 1.54) is 5.57 Å². The van der Waals surface area contributed by atoms with Gasteiger partial charge in [-0.05, 0) is 49.0 Å². The third-order valence-electron chi connectivity index (χ3n) is 4.28. The molecule has 1 rings (SSSR count). The van der Waals surface area contributed by atoms with E-state index in [1.807, 2.05) is 0 Å². The molecule has 0 aromatic heterocycles. The van der Waals surface area contributed by atoms with Crippen LogP contribution in [0.2, 0.25) is 0 Å². The maximum Gasteiger partial charge on any atom is 0.0642 e. The molecule has 0 spiro atoms. The first kappa shape index (κ1) is 15.4. The zero-order chi connectivity index (χ0) is 13.6. The van der Waals surface area contributed by atoms with Crippen molar-refractivity contribution in [1.29, 1.82) is 0 Å². The molecule has 0 heterocycles. The van der Waals surface area contributed by atoms with Gasteiger partial charge >= 0.3 is 0 Å². The first-order valence-electron chi connectivity index (χ1n) is 6.75. The van der Waals surface area contributed by atoms with E-state index < -0.39 is 0 Å². The van der Waals surface area contributed by atoms with Crippen LogP contribution < -0.4 is 0 Å². The number of aliphatic hydroxyl groups is 3. The average Bonchev–Trinajstić information content (AvgIpc) is 2.36. The van der Waals surface area contributed by atoms with E-state index in [1.54, 1.807) is 6.08 Å². The minimum Gasteiger partial charge on any atom is -0.396 e. The quantitative estimate of drug-likeness (QED) is 0.636. The molecule has 1 saturated carbocycles. The van der Waals surface area contributed by atoms with Gasteiger partial charge in [0, 0.05) is 6.61 Å². The number of hydrogen-bond donors (Lipinski definition) is 3. The van der Waals surface area contributed by atoms with Crippen molar-refractivity contribution in [1.82, 2.24) is 0 Å². The highest BCUT2D eigenvalue weighted by Gasteiger charge is 2.37. The van der Waals surface area contributed by atoms with Crippen LogP contribution >= 0.6 is 0 Å². The van der Waals surface area contributed by atoms with Crippen LogP contribution in [0.15, 0.2) is 23.8 Å². The molecule has 1 aliphatic rings. The number of aliphatic hydroxyl groups excluding tert-OH is 3. The molecule has 0 unspecified atom stereocenters. The summed E-state index contributed by atoms with van der Waals surface area (Å²) in [5, 5.41) is 27.7. The third-order valence-corrected chi connectivity index (χ3v) is 4.28. The normalized spacial score (nSPS) is 29.7. The molecule has 0 radical (unpaired) electrons. The van der Waals surface area contributed by atoms with Gasteiger partial charge in [-0.2, -0.15) is 0 Å². The smallest absolute Gasteiger partial charge is 0.0642 e. The van der Waals surface area contributed by atoms with Gasteiger partial charge in [-0.15, -0.1) is 0 Å². The SMILES string of the molecule is C=C1CCC[C@@](C)(CO)[C@@H]1CC/C(=C/CO)CO. The van der Waals surface area contributed by atoms with Crippen LogP contribution in [0.5, 0.6) is 0 Å². The third kappa shape index (κ3) is 3.67. The predicted octanol–water partition coefficient (Wildman–Crippen LogP) is 2.03. The highest BCUT2D eigenvalue weighted by Crippen LogP contribution is 2.45. The molecule has 1 fully saturated rings. The Kier molecular flexibility index (Phi) is 6.06. The second-order valence-electron chi connectivity index (χ2n) is 5.62. The molecule has 0 amide bonds. The van der Waals surface area contributed by atoms with Gasteiger partial charge in [-0.3, -0.25) is 0 Å². The summed E-state index contributed by atoms with van der Waals surface area (Å²) in [4.78, 5) is 0. The summed E-state index contributed by atoms with van der Waals surface area (Å²) in [6, 6.07) is 0. The fourth-order valence-electron chi connectivity index (χ4n) is 3.01. The van der Waals surface area contributed by atoms with Gasteiger partial charge in [0.15, 0.2) is 0 Å². The van der Waals surface area contributed by atoms with Crippen molar-refractivity contribution in [3.63, 3.8) is 0 Å². The van der Waals surface area contributed by atoms with Crippen LogP contribution in [0.25, 0.3) is 0 Å². The lowest BCUT2D eigenvalue weighted by Gasteiger charge is -2.42. The zero-order valence-electron chi connectivity index (χ0n) is 11.4. The summed E-state index contributed by atoms with van der Waals surface area (Å²) in [7, 11) is 0. The molecule has 2 atom stereocenters. The Balaban J connectivity index is 2.67. The zero-order valence-corrected chi connectivity index (χ0v) is 11.4. The topological polar surface area (TPSA) is 60.7 Å². The molecule has 3 N–H and O–H groups in total. The molecular weight excluding hydrogens is 228 g/mol. The number of allylic oxidation sites excluding steroid dienone is 1. The first-order chi connectivity index (χ1) is 8.57. The standard InChI is InChI=1S/C15H26O3/c1-12-4-3-8-15(2,11-18)14(12)6-5-13(10-17)7-9-16/h7,14,16-18H,1,3-6,8-11H2,2H3/b13-7-/t14-,15+/m1/s1.